The van der Waals surface area contributed by atoms with Gasteiger partial charge in [0.15, 0.2) is 5.78 Å². The summed E-state index contributed by atoms with van der Waals surface area (Å²) in [4.78, 5) is 27.2. The number of carbonyl (C=O) groups excluding carboxylic acids is 1. The van der Waals surface area contributed by atoms with Crippen molar-refractivity contribution in [2.45, 2.75) is 32.3 Å². The molecule has 5 rings (SSSR count). The van der Waals surface area contributed by atoms with Gasteiger partial charge in [0.2, 0.25) is 0 Å². The van der Waals surface area contributed by atoms with E-state index in [2.05, 4.69) is 11.9 Å². The Balaban J connectivity index is 1.34. The van der Waals surface area contributed by atoms with Crippen LogP contribution in [0.15, 0.2) is 84.9 Å². The molecule has 1 aliphatic heterocycles. The molecule has 0 saturated carbocycles. The maximum absolute atomic E-state index is 13.3. The van der Waals surface area contributed by atoms with Crippen molar-refractivity contribution in [2.75, 3.05) is 27.2 Å². The highest BCUT2D eigenvalue weighted by Crippen LogP contribution is 2.34. The summed E-state index contributed by atoms with van der Waals surface area (Å²) in [5.41, 5.74) is 5.19. The van der Waals surface area contributed by atoms with Gasteiger partial charge in [-0.05, 0) is 79.9 Å². The van der Waals surface area contributed by atoms with Gasteiger partial charge >= 0.3 is 0 Å². The lowest BCUT2D eigenvalue weighted by Gasteiger charge is -2.29. The van der Waals surface area contributed by atoms with E-state index in [4.69, 9.17) is 9.47 Å². The number of nitro benzene ring substituents is 1. The quantitative estimate of drug-likeness (QED) is 0.125. The first kappa shape index (κ1) is 28.1. The molecule has 7 nitrogen and oxygen atoms in total. The third kappa shape index (κ3) is 6.64. The van der Waals surface area contributed by atoms with Crippen LogP contribution < -0.4 is 9.47 Å². The number of carbonyl (C=O) groups is 1. The molecule has 1 fully saturated rings. The van der Waals surface area contributed by atoms with E-state index in [-0.39, 0.29) is 24.0 Å². The molecular formula is C34H34N2O5. The maximum atomic E-state index is 13.3. The second-order valence-electron chi connectivity index (χ2n) is 10.6. The minimum atomic E-state index is -0.393. The van der Waals surface area contributed by atoms with E-state index in [1.54, 1.807) is 31.4 Å². The lowest BCUT2D eigenvalue weighted by atomic mass is 9.95. The summed E-state index contributed by atoms with van der Waals surface area (Å²) in [5.74, 6) is 1.31. The summed E-state index contributed by atoms with van der Waals surface area (Å²) >= 11 is 0. The van der Waals surface area contributed by atoms with E-state index >= 15 is 0 Å². The number of rotatable bonds is 9. The number of Topliss-reactive ketones (excluding diaryl/α,β-unsaturated/α-hetero) is 1. The molecule has 0 aliphatic carbocycles. The van der Waals surface area contributed by atoms with Crippen molar-refractivity contribution in [1.29, 1.82) is 0 Å². The highest BCUT2D eigenvalue weighted by molar-refractivity contribution is 5.99. The lowest BCUT2D eigenvalue weighted by molar-refractivity contribution is -0.384. The number of nitrogens with zero attached hydrogens (tertiary/aromatic N) is 2. The molecule has 7 heteroatoms. The number of hydrogen-bond donors (Lipinski definition) is 0. The number of aryl methyl sites for hydroxylation is 1. The molecule has 0 atom stereocenters. The summed E-state index contributed by atoms with van der Waals surface area (Å²) in [7, 11) is 3.72. The Hall–Kier alpha value is -4.49. The Labute approximate surface area is 240 Å². The fourth-order valence-corrected chi connectivity index (χ4v) is 5.30. The SMILES string of the molecule is COc1ccc(C(=O)Cc2ccc(-c3ccc(OC4CCN(C)CC4)cc3)c([N+](=O)[O-])c2)cc1-c1cccc(C)c1. The number of piperidine rings is 1. The van der Waals surface area contributed by atoms with Crippen LogP contribution in [0.2, 0.25) is 0 Å². The second-order valence-corrected chi connectivity index (χ2v) is 10.6. The van der Waals surface area contributed by atoms with Gasteiger partial charge in [0, 0.05) is 36.7 Å². The van der Waals surface area contributed by atoms with Crippen LogP contribution in [-0.4, -0.2) is 49.0 Å². The topological polar surface area (TPSA) is 81.9 Å². The minimum Gasteiger partial charge on any atom is -0.496 e. The predicted molar refractivity (Wildman–Crippen MR) is 161 cm³/mol. The number of ether oxygens (including phenoxy) is 2. The monoisotopic (exact) mass is 550 g/mol. The van der Waals surface area contributed by atoms with Crippen molar-refractivity contribution in [3.8, 4) is 33.8 Å². The van der Waals surface area contributed by atoms with E-state index < -0.39 is 4.92 Å². The highest BCUT2D eigenvalue weighted by Gasteiger charge is 2.20. The maximum Gasteiger partial charge on any atom is 0.277 e. The van der Waals surface area contributed by atoms with Crippen LogP contribution in [0.1, 0.15) is 34.3 Å². The molecule has 0 unspecified atom stereocenters. The van der Waals surface area contributed by atoms with Crippen LogP contribution in [0.25, 0.3) is 22.3 Å². The summed E-state index contributed by atoms with van der Waals surface area (Å²) in [6.07, 6.45) is 2.19. The van der Waals surface area contributed by atoms with Gasteiger partial charge in [-0.15, -0.1) is 0 Å². The zero-order chi connectivity index (χ0) is 28.9. The van der Waals surface area contributed by atoms with Crippen molar-refractivity contribution in [3.05, 3.63) is 112 Å². The molecule has 4 aromatic carbocycles. The van der Waals surface area contributed by atoms with Crippen LogP contribution in [0.4, 0.5) is 5.69 Å². The fourth-order valence-electron chi connectivity index (χ4n) is 5.30. The van der Waals surface area contributed by atoms with E-state index in [1.165, 1.54) is 6.07 Å². The molecule has 4 aromatic rings. The van der Waals surface area contributed by atoms with Gasteiger partial charge in [0.05, 0.1) is 17.6 Å². The van der Waals surface area contributed by atoms with Gasteiger partial charge in [-0.3, -0.25) is 14.9 Å². The van der Waals surface area contributed by atoms with Crippen LogP contribution in [0.5, 0.6) is 11.5 Å². The smallest absolute Gasteiger partial charge is 0.277 e. The fraction of sp³-hybridized carbons (Fsp3) is 0.265. The summed E-state index contributed by atoms with van der Waals surface area (Å²) in [6.45, 7) is 4.03. The summed E-state index contributed by atoms with van der Waals surface area (Å²) < 4.78 is 11.7. The van der Waals surface area contributed by atoms with Crippen molar-refractivity contribution >= 4 is 11.5 Å². The van der Waals surface area contributed by atoms with Crippen molar-refractivity contribution in [1.82, 2.24) is 4.90 Å². The van der Waals surface area contributed by atoms with E-state index in [0.717, 1.165) is 53.9 Å². The standard InChI is InChI=1S/C34H34N2O5/c1-23-5-4-6-26(19-23)31-22-27(10-14-34(31)40-3)33(37)21-24-7-13-30(32(20-24)36(38)39)25-8-11-28(12-9-25)41-29-15-17-35(2)18-16-29/h4-14,19-20,22,29H,15-18,21H2,1-3H3. The first-order valence-corrected chi connectivity index (χ1v) is 13.8. The van der Waals surface area contributed by atoms with Crippen LogP contribution in [0.3, 0.4) is 0 Å². The number of likely N-dealkylation sites (tertiary alicyclic amines) is 1. The van der Waals surface area contributed by atoms with Crippen molar-refractivity contribution < 1.29 is 19.2 Å². The first-order valence-electron chi connectivity index (χ1n) is 13.8. The zero-order valence-corrected chi connectivity index (χ0v) is 23.6. The highest BCUT2D eigenvalue weighted by atomic mass is 16.6. The van der Waals surface area contributed by atoms with Crippen molar-refractivity contribution in [3.63, 3.8) is 0 Å². The molecule has 1 heterocycles. The molecule has 0 spiro atoms. The van der Waals surface area contributed by atoms with E-state index in [1.807, 2.05) is 61.5 Å². The van der Waals surface area contributed by atoms with Gasteiger partial charge in [0.1, 0.15) is 17.6 Å². The Morgan fingerprint density at radius 3 is 2.37 bits per heavy atom. The molecule has 210 valence electrons. The average molecular weight is 551 g/mol. The van der Waals surface area contributed by atoms with Crippen molar-refractivity contribution in [2.24, 2.45) is 0 Å². The van der Waals surface area contributed by atoms with Crippen LogP contribution in [0, 0.1) is 17.0 Å². The number of hydrogen-bond acceptors (Lipinski definition) is 6. The first-order chi connectivity index (χ1) is 19.8. The number of methoxy groups -OCH3 is 1. The molecule has 1 saturated heterocycles. The molecule has 0 aromatic heterocycles. The van der Waals surface area contributed by atoms with E-state index in [0.29, 0.717) is 22.4 Å². The summed E-state index contributed by atoms with van der Waals surface area (Å²) in [6, 6.07) is 25.8. The van der Waals surface area contributed by atoms with Gasteiger partial charge < -0.3 is 14.4 Å². The molecule has 0 radical (unpaired) electrons. The predicted octanol–water partition coefficient (Wildman–Crippen LogP) is 7.14. The third-order valence-electron chi connectivity index (χ3n) is 7.61. The Morgan fingerprint density at radius 1 is 0.927 bits per heavy atom. The lowest BCUT2D eigenvalue weighted by Crippen LogP contribution is -2.35. The second kappa shape index (κ2) is 12.4. The third-order valence-corrected chi connectivity index (χ3v) is 7.61. The Kier molecular flexibility index (Phi) is 8.45. The Morgan fingerprint density at radius 2 is 1.68 bits per heavy atom. The van der Waals surface area contributed by atoms with Gasteiger partial charge in [-0.1, -0.05) is 48.0 Å². The molecule has 0 amide bonds. The molecule has 0 N–H and O–H groups in total. The number of benzene rings is 4. The van der Waals surface area contributed by atoms with E-state index in [9.17, 15) is 14.9 Å². The van der Waals surface area contributed by atoms with Crippen LogP contribution >= 0.6 is 0 Å². The largest absolute Gasteiger partial charge is 0.496 e. The Bertz CT molecular complexity index is 1560. The average Bonchev–Trinajstić information content (AvgIpc) is 2.98. The summed E-state index contributed by atoms with van der Waals surface area (Å²) in [5, 5.41) is 12.0. The number of nitro groups is 1. The molecular weight excluding hydrogens is 516 g/mol. The molecule has 0 bridgehead atoms. The molecule has 41 heavy (non-hydrogen) atoms. The van der Waals surface area contributed by atoms with Crippen LogP contribution in [-0.2, 0) is 6.42 Å². The van der Waals surface area contributed by atoms with Gasteiger partial charge in [0.25, 0.3) is 5.69 Å². The van der Waals surface area contributed by atoms with Gasteiger partial charge in [-0.2, -0.15) is 0 Å². The number of ketones is 1. The minimum absolute atomic E-state index is 0.0329. The zero-order valence-electron chi connectivity index (χ0n) is 23.6. The normalized spacial score (nSPS) is 14.0. The van der Waals surface area contributed by atoms with Gasteiger partial charge in [-0.25, -0.2) is 0 Å². The molecule has 1 aliphatic rings.